The van der Waals surface area contributed by atoms with Gasteiger partial charge in [0.05, 0.1) is 7.11 Å². The average Bonchev–Trinajstić information content (AvgIpc) is 2.69. The van der Waals surface area contributed by atoms with Gasteiger partial charge in [0.2, 0.25) is 11.8 Å². The Balaban J connectivity index is 3.14. The lowest BCUT2D eigenvalue weighted by atomic mass is 10.0. The van der Waals surface area contributed by atoms with Crippen LogP contribution in [0.15, 0.2) is 36.9 Å². The number of amides is 3. The molecule has 10 heteroatoms. The summed E-state index contributed by atoms with van der Waals surface area (Å²) in [5.74, 6) is -2.26. The molecule has 0 aliphatic rings. The van der Waals surface area contributed by atoms with Crippen LogP contribution in [-0.4, -0.2) is 66.2 Å². The van der Waals surface area contributed by atoms with Crippen LogP contribution in [0.5, 0.6) is 5.75 Å². The van der Waals surface area contributed by atoms with E-state index in [9.17, 15) is 24.3 Å². The van der Waals surface area contributed by atoms with Crippen LogP contribution in [0.2, 0.25) is 0 Å². The number of nitrogens with zero attached hydrogens (tertiary/aromatic N) is 1. The molecule has 0 fully saturated rings. The number of carbonyl (C=O) groups excluding carboxylic acids is 4. The topological polar surface area (TPSA) is 134 Å². The molecule has 0 saturated carbocycles. The summed E-state index contributed by atoms with van der Waals surface area (Å²) in [7, 11) is 1.17. The van der Waals surface area contributed by atoms with Gasteiger partial charge in [-0.3, -0.25) is 14.4 Å². The Morgan fingerprint density at radius 2 is 1.81 bits per heavy atom. The molecule has 0 heterocycles. The first kappa shape index (κ1) is 25.5. The van der Waals surface area contributed by atoms with Crippen molar-refractivity contribution in [2.24, 2.45) is 0 Å². The fourth-order valence-electron chi connectivity index (χ4n) is 2.55. The zero-order valence-corrected chi connectivity index (χ0v) is 18.1. The van der Waals surface area contributed by atoms with Crippen LogP contribution in [-0.2, 0) is 23.9 Å². The number of para-hydroxylation sites is 1. The molecule has 1 rings (SSSR count). The number of phenols is 1. The lowest BCUT2D eigenvalue weighted by molar-refractivity contribution is -0.143. The van der Waals surface area contributed by atoms with E-state index in [0.29, 0.717) is 0 Å². The number of methoxy groups -OCH3 is 1. The second-order valence-electron chi connectivity index (χ2n) is 7.45. The third-order valence-corrected chi connectivity index (χ3v) is 3.85. The predicted octanol–water partition coefficient (Wildman–Crippen LogP) is 1.26. The van der Waals surface area contributed by atoms with E-state index >= 15 is 0 Å². The quantitative estimate of drug-likeness (QED) is 0.393. The second kappa shape index (κ2) is 11.6. The van der Waals surface area contributed by atoms with E-state index in [4.69, 9.17) is 4.74 Å². The number of benzene rings is 1. The largest absolute Gasteiger partial charge is 0.508 e. The fraction of sp³-hybridized carbons (Fsp3) is 0.429. The smallest absolute Gasteiger partial charge is 0.408 e. The summed E-state index contributed by atoms with van der Waals surface area (Å²) in [6.45, 7) is 7.68. The third kappa shape index (κ3) is 8.37. The Kier molecular flexibility index (Phi) is 9.52. The highest BCUT2D eigenvalue weighted by Gasteiger charge is 2.33. The third-order valence-electron chi connectivity index (χ3n) is 3.85. The Labute approximate surface area is 181 Å². The number of rotatable bonds is 9. The Hall–Kier alpha value is -3.56. The second-order valence-corrected chi connectivity index (χ2v) is 7.45. The minimum Gasteiger partial charge on any atom is -0.508 e. The zero-order valence-electron chi connectivity index (χ0n) is 18.1. The van der Waals surface area contributed by atoms with Crippen LogP contribution >= 0.6 is 0 Å². The van der Waals surface area contributed by atoms with E-state index < -0.39 is 48.6 Å². The molecule has 0 aromatic heterocycles. The van der Waals surface area contributed by atoms with Crippen molar-refractivity contribution >= 4 is 23.9 Å². The molecule has 1 aromatic carbocycles. The maximum absolute atomic E-state index is 12.9. The molecule has 31 heavy (non-hydrogen) atoms. The lowest BCUT2D eigenvalue weighted by Crippen LogP contribution is -2.48. The lowest BCUT2D eigenvalue weighted by Gasteiger charge is -2.31. The molecule has 3 N–H and O–H groups in total. The maximum atomic E-state index is 12.9. The fourth-order valence-corrected chi connectivity index (χ4v) is 2.55. The normalized spacial score (nSPS) is 11.6. The van der Waals surface area contributed by atoms with Gasteiger partial charge in [0.15, 0.2) is 0 Å². The van der Waals surface area contributed by atoms with E-state index in [-0.39, 0.29) is 17.9 Å². The minimum absolute atomic E-state index is 0.0700. The van der Waals surface area contributed by atoms with Gasteiger partial charge in [0, 0.05) is 12.1 Å². The summed E-state index contributed by atoms with van der Waals surface area (Å²) in [5.41, 5.74) is -0.614. The Morgan fingerprint density at radius 1 is 1.16 bits per heavy atom. The van der Waals surface area contributed by atoms with Gasteiger partial charge in [-0.05, 0) is 26.8 Å². The molecule has 1 unspecified atom stereocenters. The van der Waals surface area contributed by atoms with E-state index in [1.807, 2.05) is 0 Å². The number of nitrogens with one attached hydrogen (secondary N) is 2. The van der Waals surface area contributed by atoms with Gasteiger partial charge in [-0.2, -0.15) is 0 Å². The zero-order chi connectivity index (χ0) is 23.6. The molecular weight excluding hydrogens is 406 g/mol. The van der Waals surface area contributed by atoms with Crippen molar-refractivity contribution in [2.45, 2.75) is 32.4 Å². The van der Waals surface area contributed by atoms with Crippen LogP contribution in [0.25, 0.3) is 0 Å². The Bertz CT molecular complexity index is 817. The highest BCUT2D eigenvalue weighted by Crippen LogP contribution is 2.29. The summed E-state index contributed by atoms with van der Waals surface area (Å²) in [5, 5.41) is 15.0. The molecule has 0 aliphatic carbocycles. The first-order valence-corrected chi connectivity index (χ1v) is 9.49. The monoisotopic (exact) mass is 435 g/mol. The number of phenolic OH excluding ortho intramolecular Hbond substituents is 1. The standard InChI is InChI=1S/C21H29N3O7/c1-6-11-24(16(26)12-23-20(29)31-21(2,3)4)18(14-9-7-8-10-15(14)25)19(28)22-13-17(27)30-5/h6-10,18,25H,1,11-13H2,2-5H3,(H,22,28)(H,23,29). The molecule has 1 atom stereocenters. The van der Waals surface area contributed by atoms with Gasteiger partial charge in [-0.1, -0.05) is 24.3 Å². The summed E-state index contributed by atoms with van der Waals surface area (Å²) >= 11 is 0. The van der Waals surface area contributed by atoms with Crippen molar-refractivity contribution in [1.29, 1.82) is 0 Å². The average molecular weight is 435 g/mol. The van der Waals surface area contributed by atoms with Crippen LogP contribution in [0, 0.1) is 0 Å². The summed E-state index contributed by atoms with van der Waals surface area (Å²) in [6, 6.07) is 4.70. The van der Waals surface area contributed by atoms with Crippen LogP contribution < -0.4 is 10.6 Å². The number of ether oxygens (including phenoxy) is 2. The summed E-state index contributed by atoms with van der Waals surface area (Å²) in [6.07, 6.45) is 0.597. The van der Waals surface area contributed by atoms with E-state index in [0.717, 1.165) is 4.90 Å². The van der Waals surface area contributed by atoms with Crippen molar-refractivity contribution in [3.8, 4) is 5.75 Å². The highest BCUT2D eigenvalue weighted by atomic mass is 16.6. The van der Waals surface area contributed by atoms with Gasteiger partial charge in [-0.25, -0.2) is 4.79 Å². The van der Waals surface area contributed by atoms with E-state index in [1.54, 1.807) is 32.9 Å². The van der Waals surface area contributed by atoms with Crippen molar-refractivity contribution in [3.63, 3.8) is 0 Å². The molecule has 1 aromatic rings. The number of hydrogen-bond acceptors (Lipinski definition) is 7. The number of hydrogen-bond donors (Lipinski definition) is 3. The molecule has 0 bridgehead atoms. The van der Waals surface area contributed by atoms with Crippen molar-refractivity contribution in [1.82, 2.24) is 15.5 Å². The van der Waals surface area contributed by atoms with Gasteiger partial charge >= 0.3 is 12.1 Å². The van der Waals surface area contributed by atoms with Crippen LogP contribution in [0.1, 0.15) is 32.4 Å². The molecule has 10 nitrogen and oxygen atoms in total. The summed E-state index contributed by atoms with van der Waals surface area (Å²) in [4.78, 5) is 50.2. The van der Waals surface area contributed by atoms with Crippen molar-refractivity contribution < 1.29 is 33.8 Å². The number of aromatic hydroxyl groups is 1. The van der Waals surface area contributed by atoms with Gasteiger partial charge in [0.1, 0.15) is 30.5 Å². The van der Waals surface area contributed by atoms with Crippen molar-refractivity contribution in [3.05, 3.63) is 42.5 Å². The molecule has 0 aliphatic heterocycles. The van der Waals surface area contributed by atoms with Gasteiger partial charge in [-0.15, -0.1) is 6.58 Å². The summed E-state index contributed by atoms with van der Waals surface area (Å²) < 4.78 is 9.61. The molecule has 0 radical (unpaired) electrons. The van der Waals surface area contributed by atoms with Gasteiger partial charge < -0.3 is 30.1 Å². The first-order valence-electron chi connectivity index (χ1n) is 9.49. The Morgan fingerprint density at radius 3 is 2.35 bits per heavy atom. The predicted molar refractivity (Wildman–Crippen MR) is 112 cm³/mol. The molecule has 0 saturated heterocycles. The SMILES string of the molecule is C=CCN(C(=O)CNC(=O)OC(C)(C)C)C(C(=O)NCC(=O)OC)c1ccccc1O. The van der Waals surface area contributed by atoms with Crippen LogP contribution in [0.4, 0.5) is 4.79 Å². The van der Waals surface area contributed by atoms with E-state index in [2.05, 4.69) is 21.9 Å². The minimum atomic E-state index is -1.29. The molecule has 0 spiro atoms. The van der Waals surface area contributed by atoms with Crippen LogP contribution in [0.3, 0.4) is 0 Å². The molecule has 3 amide bonds. The van der Waals surface area contributed by atoms with Crippen molar-refractivity contribution in [2.75, 3.05) is 26.7 Å². The van der Waals surface area contributed by atoms with Gasteiger partial charge in [0.25, 0.3) is 0 Å². The highest BCUT2D eigenvalue weighted by molar-refractivity contribution is 5.92. The number of esters is 1. The maximum Gasteiger partial charge on any atom is 0.408 e. The molecule has 170 valence electrons. The molecular formula is C21H29N3O7. The first-order chi connectivity index (χ1) is 14.5. The number of carbonyl (C=O) groups is 4. The van der Waals surface area contributed by atoms with E-state index in [1.165, 1.54) is 25.3 Å². The number of alkyl carbamates (subject to hydrolysis) is 1.